The number of hydrogen-bond donors (Lipinski definition) is 1. The zero-order chi connectivity index (χ0) is 19.2. The van der Waals surface area contributed by atoms with Crippen LogP contribution in [-0.2, 0) is 11.3 Å². The molecule has 1 N–H and O–H groups in total. The molecule has 2 aliphatic rings. The lowest BCUT2D eigenvalue weighted by Gasteiger charge is -2.36. The molecule has 28 heavy (non-hydrogen) atoms. The van der Waals surface area contributed by atoms with Gasteiger partial charge in [0.25, 0.3) is 0 Å². The van der Waals surface area contributed by atoms with E-state index in [1.54, 1.807) is 6.21 Å². The number of amidine groups is 1. The largest absolute Gasteiger partial charge is 0.369 e. The Hall–Kier alpha value is -2.64. The van der Waals surface area contributed by atoms with Crippen LogP contribution in [0, 0.1) is 0 Å². The van der Waals surface area contributed by atoms with Crippen molar-refractivity contribution in [2.45, 2.75) is 6.54 Å². The number of carbonyl (C=O) groups is 1. The van der Waals surface area contributed by atoms with E-state index >= 15 is 0 Å². The van der Waals surface area contributed by atoms with Crippen LogP contribution in [0.4, 0.5) is 5.69 Å². The highest BCUT2D eigenvalue weighted by Gasteiger charge is 2.17. The summed E-state index contributed by atoms with van der Waals surface area (Å²) in [4.78, 5) is 16.0. The number of benzene rings is 2. The Balaban J connectivity index is 1.28. The standard InChI is InChI=1S/C21H23N5OS/c27-20-16-28-21(23-20)24-22-14-17-6-8-19(9-7-17)26-12-10-25(11-13-26)15-18-4-2-1-3-5-18/h1-9,14H,10-13,15-16H2,(H,23,24,27). The zero-order valence-corrected chi connectivity index (χ0v) is 16.4. The minimum Gasteiger partial charge on any atom is -0.369 e. The molecule has 2 aromatic carbocycles. The van der Waals surface area contributed by atoms with Gasteiger partial charge in [-0.25, -0.2) is 0 Å². The average molecular weight is 394 g/mol. The Morgan fingerprint density at radius 2 is 1.75 bits per heavy atom. The molecule has 2 saturated heterocycles. The van der Waals surface area contributed by atoms with Crippen molar-refractivity contribution in [2.24, 2.45) is 10.2 Å². The monoisotopic (exact) mass is 393 g/mol. The molecule has 2 aromatic rings. The lowest BCUT2D eigenvalue weighted by molar-refractivity contribution is -0.116. The van der Waals surface area contributed by atoms with E-state index < -0.39 is 0 Å². The first-order chi connectivity index (χ1) is 13.8. The first kappa shape index (κ1) is 18.7. The van der Waals surface area contributed by atoms with E-state index in [9.17, 15) is 4.79 Å². The van der Waals surface area contributed by atoms with E-state index in [0.29, 0.717) is 10.9 Å². The minimum atomic E-state index is -0.0211. The van der Waals surface area contributed by atoms with Crippen LogP contribution < -0.4 is 10.2 Å². The lowest BCUT2D eigenvalue weighted by atomic mass is 10.1. The highest BCUT2D eigenvalue weighted by molar-refractivity contribution is 8.15. The third kappa shape index (κ3) is 4.99. The molecular formula is C21H23N5OS. The summed E-state index contributed by atoms with van der Waals surface area (Å²) >= 11 is 1.37. The van der Waals surface area contributed by atoms with Crippen LogP contribution >= 0.6 is 11.8 Å². The van der Waals surface area contributed by atoms with Crippen LogP contribution in [0.15, 0.2) is 64.8 Å². The summed E-state index contributed by atoms with van der Waals surface area (Å²) in [6.07, 6.45) is 1.71. The normalized spacial score (nSPS) is 19.5. The number of thioether (sulfide) groups is 1. The molecule has 4 rings (SSSR count). The second-order valence-corrected chi connectivity index (χ2v) is 7.79. The first-order valence-electron chi connectivity index (χ1n) is 9.41. The van der Waals surface area contributed by atoms with Crippen LogP contribution in [0.1, 0.15) is 11.1 Å². The fourth-order valence-electron chi connectivity index (χ4n) is 3.30. The molecule has 0 spiro atoms. The molecule has 0 unspecified atom stereocenters. The van der Waals surface area contributed by atoms with Crippen LogP contribution in [-0.4, -0.2) is 54.1 Å². The molecule has 0 aromatic heterocycles. The second-order valence-electron chi connectivity index (χ2n) is 6.83. The van der Waals surface area contributed by atoms with E-state index in [4.69, 9.17) is 0 Å². The predicted molar refractivity (Wildman–Crippen MR) is 116 cm³/mol. The Kier molecular flexibility index (Phi) is 6.04. The van der Waals surface area contributed by atoms with Gasteiger partial charge in [-0.15, -0.1) is 5.10 Å². The van der Waals surface area contributed by atoms with E-state index in [1.165, 1.54) is 23.0 Å². The van der Waals surface area contributed by atoms with Gasteiger partial charge in [0, 0.05) is 38.4 Å². The van der Waals surface area contributed by atoms with Gasteiger partial charge in [-0.1, -0.05) is 54.2 Å². The minimum absolute atomic E-state index is 0.0211. The molecule has 6 nitrogen and oxygen atoms in total. The van der Waals surface area contributed by atoms with Gasteiger partial charge in [-0.3, -0.25) is 9.69 Å². The van der Waals surface area contributed by atoms with Crippen molar-refractivity contribution in [1.29, 1.82) is 0 Å². The number of carbonyl (C=O) groups excluding carboxylic acids is 1. The molecule has 2 fully saturated rings. The van der Waals surface area contributed by atoms with E-state index in [-0.39, 0.29) is 5.91 Å². The third-order valence-corrected chi connectivity index (χ3v) is 5.68. The van der Waals surface area contributed by atoms with E-state index in [1.807, 2.05) is 0 Å². The van der Waals surface area contributed by atoms with E-state index in [0.717, 1.165) is 38.3 Å². The maximum absolute atomic E-state index is 11.1. The van der Waals surface area contributed by atoms with Gasteiger partial charge in [0.15, 0.2) is 5.17 Å². The van der Waals surface area contributed by atoms with E-state index in [2.05, 4.69) is 79.9 Å². The molecule has 2 heterocycles. The number of nitrogens with zero attached hydrogens (tertiary/aromatic N) is 4. The maximum Gasteiger partial charge on any atom is 0.236 e. The van der Waals surface area contributed by atoms with Crippen molar-refractivity contribution in [3.63, 3.8) is 0 Å². The third-order valence-electron chi connectivity index (χ3n) is 4.82. The fourth-order valence-corrected chi connectivity index (χ4v) is 3.94. The Morgan fingerprint density at radius 3 is 2.43 bits per heavy atom. The molecule has 1 amide bonds. The highest BCUT2D eigenvalue weighted by atomic mass is 32.2. The fraction of sp³-hybridized carbons (Fsp3) is 0.286. The Bertz CT molecular complexity index is 858. The highest BCUT2D eigenvalue weighted by Crippen LogP contribution is 2.18. The SMILES string of the molecule is O=C1CSC(=NN=Cc2ccc(N3CCN(Cc4ccccc4)CC3)cc2)N1. The zero-order valence-electron chi connectivity index (χ0n) is 15.6. The average Bonchev–Trinajstić information content (AvgIpc) is 3.15. The van der Waals surface area contributed by atoms with Gasteiger partial charge in [-0.2, -0.15) is 5.10 Å². The van der Waals surface area contributed by atoms with Gasteiger partial charge in [0.2, 0.25) is 5.91 Å². The smallest absolute Gasteiger partial charge is 0.236 e. The number of amides is 1. The summed E-state index contributed by atoms with van der Waals surface area (Å²) < 4.78 is 0. The molecule has 0 aliphatic carbocycles. The lowest BCUT2D eigenvalue weighted by Crippen LogP contribution is -2.45. The molecule has 144 valence electrons. The maximum atomic E-state index is 11.1. The second kappa shape index (κ2) is 9.03. The number of anilines is 1. The van der Waals surface area contributed by atoms with Crippen molar-refractivity contribution in [1.82, 2.24) is 10.2 Å². The Morgan fingerprint density at radius 1 is 1.00 bits per heavy atom. The molecule has 7 heteroatoms. The molecular weight excluding hydrogens is 370 g/mol. The molecule has 0 atom stereocenters. The molecule has 0 bridgehead atoms. The van der Waals surface area contributed by atoms with Crippen LogP contribution in [0.3, 0.4) is 0 Å². The van der Waals surface area contributed by atoms with Crippen molar-refractivity contribution in [3.8, 4) is 0 Å². The van der Waals surface area contributed by atoms with Crippen LogP contribution in [0.5, 0.6) is 0 Å². The quantitative estimate of drug-likeness (QED) is 0.627. The summed E-state index contributed by atoms with van der Waals surface area (Å²) in [5.41, 5.74) is 3.60. The number of rotatable bonds is 5. The van der Waals surface area contributed by atoms with Gasteiger partial charge in [0.05, 0.1) is 12.0 Å². The summed E-state index contributed by atoms with van der Waals surface area (Å²) in [7, 11) is 0. The molecule has 0 radical (unpaired) electrons. The predicted octanol–water partition coefficient (Wildman–Crippen LogP) is 2.56. The van der Waals surface area contributed by atoms with Crippen molar-refractivity contribution in [3.05, 3.63) is 65.7 Å². The first-order valence-corrected chi connectivity index (χ1v) is 10.4. The van der Waals surface area contributed by atoms with Crippen LogP contribution in [0.2, 0.25) is 0 Å². The summed E-state index contributed by atoms with van der Waals surface area (Å²) in [5, 5.41) is 11.3. The summed E-state index contributed by atoms with van der Waals surface area (Å²) in [5.74, 6) is 0.397. The van der Waals surface area contributed by atoms with Gasteiger partial charge < -0.3 is 10.2 Å². The van der Waals surface area contributed by atoms with Crippen molar-refractivity contribution < 1.29 is 4.79 Å². The number of piperazine rings is 1. The molecule has 0 saturated carbocycles. The topological polar surface area (TPSA) is 60.3 Å². The van der Waals surface area contributed by atoms with Gasteiger partial charge in [-0.05, 0) is 23.3 Å². The number of nitrogens with one attached hydrogen (secondary N) is 1. The van der Waals surface area contributed by atoms with Crippen molar-refractivity contribution in [2.75, 3.05) is 36.8 Å². The van der Waals surface area contributed by atoms with Gasteiger partial charge in [0.1, 0.15) is 0 Å². The summed E-state index contributed by atoms with van der Waals surface area (Å²) in [6, 6.07) is 19.0. The molecule has 2 aliphatic heterocycles. The Labute approximate surface area is 169 Å². The van der Waals surface area contributed by atoms with Gasteiger partial charge >= 0.3 is 0 Å². The summed E-state index contributed by atoms with van der Waals surface area (Å²) in [6.45, 7) is 5.22. The number of hydrogen-bond acceptors (Lipinski definition) is 6. The van der Waals surface area contributed by atoms with Crippen LogP contribution in [0.25, 0.3) is 0 Å². The van der Waals surface area contributed by atoms with Crippen molar-refractivity contribution >= 4 is 34.7 Å².